The van der Waals surface area contributed by atoms with Gasteiger partial charge < -0.3 is 10.4 Å². The van der Waals surface area contributed by atoms with Crippen molar-refractivity contribution in [2.75, 3.05) is 6.61 Å². The number of amides is 1. The summed E-state index contributed by atoms with van der Waals surface area (Å²) in [5.41, 5.74) is 1.16. The molecule has 1 heterocycles. The van der Waals surface area contributed by atoms with E-state index < -0.39 is 12.7 Å². The van der Waals surface area contributed by atoms with Gasteiger partial charge in [-0.05, 0) is 25.7 Å². The first kappa shape index (κ1) is 20.5. The van der Waals surface area contributed by atoms with Crippen LogP contribution in [0.4, 0.5) is 13.2 Å². The van der Waals surface area contributed by atoms with E-state index in [0.717, 1.165) is 4.68 Å². The highest BCUT2D eigenvalue weighted by atomic mass is 19.4. The first-order valence-corrected chi connectivity index (χ1v) is 7.82. The van der Waals surface area contributed by atoms with E-state index in [2.05, 4.69) is 10.4 Å². The Bertz CT molecular complexity index is 574. The van der Waals surface area contributed by atoms with Crippen LogP contribution < -0.4 is 5.32 Å². The summed E-state index contributed by atoms with van der Waals surface area (Å²) in [6.07, 6.45) is -3.83. The van der Waals surface area contributed by atoms with Gasteiger partial charge in [-0.2, -0.15) is 18.3 Å². The Morgan fingerprint density at radius 3 is 2.33 bits per heavy atom. The van der Waals surface area contributed by atoms with Gasteiger partial charge in [-0.3, -0.25) is 9.48 Å². The first-order valence-electron chi connectivity index (χ1n) is 7.82. The third kappa shape index (κ3) is 6.51. The van der Waals surface area contributed by atoms with Gasteiger partial charge in [-0.1, -0.05) is 20.8 Å². The number of nitrogens with one attached hydrogen (secondary N) is 1. The van der Waals surface area contributed by atoms with Crippen molar-refractivity contribution in [1.29, 1.82) is 0 Å². The highest BCUT2D eigenvalue weighted by Crippen LogP contribution is 2.22. The zero-order valence-electron chi connectivity index (χ0n) is 14.8. The van der Waals surface area contributed by atoms with Crippen molar-refractivity contribution in [3.63, 3.8) is 0 Å². The van der Waals surface area contributed by atoms with Crippen LogP contribution in [0.2, 0.25) is 0 Å². The number of halogens is 3. The number of carbonyl (C=O) groups excluding carboxylic acids is 1. The van der Waals surface area contributed by atoms with Crippen LogP contribution in [0.25, 0.3) is 0 Å². The van der Waals surface area contributed by atoms with Gasteiger partial charge in [0.2, 0.25) is 5.91 Å². The molecule has 8 heteroatoms. The minimum Gasteiger partial charge on any atom is -0.394 e. The number of aryl methyl sites for hydroxylation is 1. The molecule has 24 heavy (non-hydrogen) atoms. The number of aliphatic hydroxyl groups is 1. The highest BCUT2D eigenvalue weighted by molar-refractivity contribution is 5.79. The molecule has 1 atom stereocenters. The fourth-order valence-corrected chi connectivity index (χ4v) is 2.65. The van der Waals surface area contributed by atoms with Gasteiger partial charge in [0, 0.05) is 11.3 Å². The summed E-state index contributed by atoms with van der Waals surface area (Å²) in [5, 5.41) is 16.0. The van der Waals surface area contributed by atoms with E-state index >= 15 is 0 Å². The summed E-state index contributed by atoms with van der Waals surface area (Å²) in [5.74, 6) is -0.337. The van der Waals surface area contributed by atoms with Crippen LogP contribution in [0.5, 0.6) is 0 Å². The number of rotatable bonds is 6. The summed E-state index contributed by atoms with van der Waals surface area (Å²) >= 11 is 0. The van der Waals surface area contributed by atoms with Crippen molar-refractivity contribution in [2.45, 2.75) is 66.2 Å². The van der Waals surface area contributed by atoms with Gasteiger partial charge >= 0.3 is 6.18 Å². The van der Waals surface area contributed by atoms with Gasteiger partial charge in [0.15, 0.2) is 0 Å². The molecule has 1 aromatic rings. The molecular formula is C16H26F3N3O2. The highest BCUT2D eigenvalue weighted by Gasteiger charge is 2.30. The fraction of sp³-hybridized carbons (Fsp3) is 0.750. The lowest BCUT2D eigenvalue weighted by Gasteiger charge is -2.25. The molecule has 0 aliphatic heterocycles. The maximum Gasteiger partial charge on any atom is 0.408 e. The lowest BCUT2D eigenvalue weighted by atomic mass is 9.88. The van der Waals surface area contributed by atoms with Gasteiger partial charge in [0.25, 0.3) is 0 Å². The van der Waals surface area contributed by atoms with Gasteiger partial charge in [0.1, 0.15) is 6.54 Å². The van der Waals surface area contributed by atoms with E-state index in [1.807, 2.05) is 20.8 Å². The number of aromatic nitrogens is 2. The molecule has 1 aromatic heterocycles. The van der Waals surface area contributed by atoms with E-state index in [1.54, 1.807) is 6.92 Å². The van der Waals surface area contributed by atoms with E-state index in [4.69, 9.17) is 0 Å². The monoisotopic (exact) mass is 349 g/mol. The van der Waals surface area contributed by atoms with Crippen LogP contribution in [0.1, 0.15) is 44.1 Å². The summed E-state index contributed by atoms with van der Waals surface area (Å²) in [4.78, 5) is 12.2. The second-order valence-electron chi connectivity index (χ2n) is 7.31. The summed E-state index contributed by atoms with van der Waals surface area (Å²) in [7, 11) is 0. The Balaban J connectivity index is 2.80. The van der Waals surface area contributed by atoms with Gasteiger partial charge in [0.05, 0.1) is 24.8 Å². The van der Waals surface area contributed by atoms with Crippen LogP contribution in [0, 0.1) is 19.3 Å². The first-order chi connectivity index (χ1) is 10.8. The van der Waals surface area contributed by atoms with E-state index in [9.17, 15) is 23.1 Å². The fourth-order valence-electron chi connectivity index (χ4n) is 2.65. The van der Waals surface area contributed by atoms with Crippen molar-refractivity contribution in [3.05, 3.63) is 17.0 Å². The molecule has 0 saturated carbocycles. The van der Waals surface area contributed by atoms with Crippen LogP contribution in [0.3, 0.4) is 0 Å². The molecule has 1 rings (SSSR count). The molecule has 138 valence electrons. The van der Waals surface area contributed by atoms with Crippen LogP contribution in [-0.4, -0.2) is 39.6 Å². The average Bonchev–Trinajstić information content (AvgIpc) is 2.62. The Kier molecular flexibility index (Phi) is 6.44. The van der Waals surface area contributed by atoms with Crippen molar-refractivity contribution < 1.29 is 23.1 Å². The molecular weight excluding hydrogens is 323 g/mol. The lowest BCUT2D eigenvalue weighted by molar-refractivity contribution is -0.143. The van der Waals surface area contributed by atoms with Crippen molar-refractivity contribution in [1.82, 2.24) is 15.1 Å². The number of hydrogen-bond acceptors (Lipinski definition) is 3. The van der Waals surface area contributed by atoms with Gasteiger partial charge in [-0.25, -0.2) is 0 Å². The van der Waals surface area contributed by atoms with Crippen LogP contribution in [0.15, 0.2) is 0 Å². The number of hydrogen-bond donors (Lipinski definition) is 2. The molecule has 0 fully saturated rings. The molecule has 1 amide bonds. The Morgan fingerprint density at radius 1 is 1.29 bits per heavy atom. The molecule has 2 N–H and O–H groups in total. The largest absolute Gasteiger partial charge is 0.408 e. The number of nitrogens with zero attached hydrogens (tertiary/aromatic N) is 2. The Labute approximate surface area is 140 Å². The Hall–Kier alpha value is -1.57. The third-order valence-electron chi connectivity index (χ3n) is 3.64. The topological polar surface area (TPSA) is 67.2 Å². The smallest absolute Gasteiger partial charge is 0.394 e. The number of carbonyl (C=O) groups is 1. The van der Waals surface area contributed by atoms with Crippen LogP contribution >= 0.6 is 0 Å². The average molecular weight is 349 g/mol. The van der Waals surface area contributed by atoms with E-state index in [-0.39, 0.29) is 30.4 Å². The molecule has 0 radical (unpaired) electrons. The molecule has 0 aliphatic rings. The zero-order valence-corrected chi connectivity index (χ0v) is 14.8. The third-order valence-corrected chi connectivity index (χ3v) is 3.64. The minimum absolute atomic E-state index is 0.0594. The van der Waals surface area contributed by atoms with E-state index in [0.29, 0.717) is 23.4 Å². The molecule has 0 spiro atoms. The van der Waals surface area contributed by atoms with Crippen molar-refractivity contribution in [3.8, 4) is 0 Å². The quantitative estimate of drug-likeness (QED) is 0.829. The lowest BCUT2D eigenvalue weighted by Crippen LogP contribution is -2.40. The summed E-state index contributed by atoms with van der Waals surface area (Å²) in [6.45, 7) is 7.74. The van der Waals surface area contributed by atoms with Gasteiger partial charge in [-0.15, -0.1) is 0 Å². The predicted molar refractivity (Wildman–Crippen MR) is 84.5 cm³/mol. The molecule has 0 saturated heterocycles. The molecule has 0 aliphatic carbocycles. The molecule has 5 nitrogen and oxygen atoms in total. The predicted octanol–water partition coefficient (Wildman–Crippen LogP) is 2.52. The second kappa shape index (κ2) is 7.55. The number of alkyl halides is 3. The summed E-state index contributed by atoms with van der Waals surface area (Å²) < 4.78 is 38.5. The maximum atomic E-state index is 12.5. The van der Waals surface area contributed by atoms with E-state index in [1.165, 1.54) is 6.92 Å². The summed E-state index contributed by atoms with van der Waals surface area (Å²) in [6, 6.07) is -0.386. The molecule has 0 aromatic carbocycles. The standard InChI is InChI=1S/C16H26F3N3O2/c1-10-13(11(2)22(21-10)9-16(17,18)19)6-14(24)20-12(8-23)7-15(3,4)5/h12,23H,6-9H2,1-5H3,(H,20,24). The SMILES string of the molecule is Cc1nn(CC(F)(F)F)c(C)c1CC(=O)NC(CO)CC(C)(C)C. The Morgan fingerprint density at radius 2 is 1.88 bits per heavy atom. The van der Waals surface area contributed by atoms with Crippen molar-refractivity contribution in [2.24, 2.45) is 5.41 Å². The minimum atomic E-state index is -4.36. The molecule has 0 bridgehead atoms. The maximum absolute atomic E-state index is 12.5. The molecule has 1 unspecified atom stereocenters. The normalized spacial score (nSPS) is 13.9. The zero-order chi connectivity index (χ0) is 18.7. The number of aliphatic hydroxyl groups excluding tert-OH is 1. The van der Waals surface area contributed by atoms with Crippen molar-refractivity contribution >= 4 is 5.91 Å². The van der Waals surface area contributed by atoms with Crippen LogP contribution in [-0.2, 0) is 17.8 Å². The second-order valence-corrected chi connectivity index (χ2v) is 7.31.